The Labute approximate surface area is 119 Å². The van der Waals surface area contributed by atoms with E-state index >= 15 is 0 Å². The van der Waals surface area contributed by atoms with E-state index < -0.39 is 28.8 Å². The van der Waals surface area contributed by atoms with Gasteiger partial charge in [0.05, 0.1) is 15.8 Å². The van der Waals surface area contributed by atoms with Gasteiger partial charge >= 0.3 is 0 Å². The molecule has 20 heavy (non-hydrogen) atoms. The number of hydrogen-bond donors (Lipinski definition) is 0. The van der Waals surface area contributed by atoms with Crippen LogP contribution in [0.5, 0.6) is 0 Å². The number of fused-ring (bicyclic) bond motifs is 1. The van der Waals surface area contributed by atoms with Gasteiger partial charge in [-0.2, -0.15) is 0 Å². The molecule has 0 aliphatic carbocycles. The normalized spacial score (nSPS) is 11.2. The van der Waals surface area contributed by atoms with Crippen molar-refractivity contribution in [3.05, 3.63) is 52.6 Å². The lowest BCUT2D eigenvalue weighted by Gasteiger charge is -2.02. The molecule has 3 rings (SSSR count). The molecule has 0 spiro atoms. The van der Waals surface area contributed by atoms with Crippen LogP contribution in [0.4, 0.5) is 17.6 Å². The summed E-state index contributed by atoms with van der Waals surface area (Å²) in [4.78, 5) is 4.06. The summed E-state index contributed by atoms with van der Waals surface area (Å²) in [5.74, 6) is -6.61. The molecule has 0 bridgehead atoms. The Morgan fingerprint density at radius 3 is 2.45 bits per heavy atom. The quantitative estimate of drug-likeness (QED) is 0.342. The second-order valence-electron chi connectivity index (χ2n) is 3.98. The van der Waals surface area contributed by atoms with Gasteiger partial charge in [0.15, 0.2) is 23.3 Å². The second kappa shape index (κ2) is 4.71. The van der Waals surface area contributed by atoms with Crippen molar-refractivity contribution in [3.63, 3.8) is 0 Å². The fourth-order valence-electron chi connectivity index (χ4n) is 1.74. The number of hydrogen-bond acceptors (Lipinski definition) is 2. The maximum absolute atomic E-state index is 13.7. The highest BCUT2D eigenvalue weighted by Gasteiger charge is 2.21. The zero-order valence-electron chi connectivity index (χ0n) is 9.55. The van der Waals surface area contributed by atoms with E-state index in [0.717, 1.165) is 11.3 Å². The molecule has 0 aliphatic rings. The lowest BCUT2D eigenvalue weighted by molar-refractivity contribution is 0.411. The molecule has 1 nitrogen and oxygen atoms in total. The van der Waals surface area contributed by atoms with Crippen molar-refractivity contribution in [3.8, 4) is 10.6 Å². The number of benzene rings is 2. The molecule has 0 saturated carbocycles. The van der Waals surface area contributed by atoms with Crippen molar-refractivity contribution in [2.75, 3.05) is 0 Å². The summed E-state index contributed by atoms with van der Waals surface area (Å²) < 4.78 is 53.7. The van der Waals surface area contributed by atoms with E-state index in [1.807, 2.05) is 0 Å². The van der Waals surface area contributed by atoms with Crippen LogP contribution in [0.2, 0.25) is 5.02 Å². The monoisotopic (exact) mass is 317 g/mol. The molecule has 0 saturated heterocycles. The van der Waals surface area contributed by atoms with Gasteiger partial charge in [-0.25, -0.2) is 22.5 Å². The summed E-state index contributed by atoms with van der Waals surface area (Å²) in [6.07, 6.45) is 0. The number of thiazole rings is 1. The number of rotatable bonds is 1. The van der Waals surface area contributed by atoms with Crippen LogP contribution < -0.4 is 0 Å². The molecular formula is C13H4ClF4NS. The summed E-state index contributed by atoms with van der Waals surface area (Å²) in [6.45, 7) is 0. The van der Waals surface area contributed by atoms with Gasteiger partial charge in [-0.1, -0.05) is 11.6 Å². The molecule has 0 unspecified atom stereocenters. The molecule has 1 heterocycles. The maximum atomic E-state index is 13.7. The Morgan fingerprint density at radius 1 is 0.950 bits per heavy atom. The predicted octanol–water partition coefficient (Wildman–Crippen LogP) is 5.17. The minimum Gasteiger partial charge on any atom is -0.236 e. The maximum Gasteiger partial charge on any atom is 0.198 e. The van der Waals surface area contributed by atoms with E-state index in [1.54, 1.807) is 18.2 Å². The van der Waals surface area contributed by atoms with E-state index in [0.29, 0.717) is 21.3 Å². The molecule has 2 aromatic carbocycles. The first-order valence-corrected chi connectivity index (χ1v) is 6.56. The SMILES string of the molecule is Fc1cc(-c2nc3ccc(Cl)cc3s2)c(F)c(F)c1F. The van der Waals surface area contributed by atoms with Crippen LogP contribution >= 0.6 is 22.9 Å². The molecule has 0 radical (unpaired) electrons. The van der Waals surface area contributed by atoms with Crippen molar-refractivity contribution in [1.82, 2.24) is 4.98 Å². The first-order chi connectivity index (χ1) is 9.47. The molecule has 0 fully saturated rings. The summed E-state index contributed by atoms with van der Waals surface area (Å²) in [6, 6.07) is 5.39. The van der Waals surface area contributed by atoms with Crippen LogP contribution in [0.25, 0.3) is 20.8 Å². The highest BCUT2D eigenvalue weighted by molar-refractivity contribution is 7.21. The summed E-state index contributed by atoms with van der Waals surface area (Å²) in [7, 11) is 0. The third-order valence-corrected chi connectivity index (χ3v) is 3.97. The summed E-state index contributed by atoms with van der Waals surface area (Å²) in [5, 5.41) is 0.516. The lowest BCUT2D eigenvalue weighted by atomic mass is 10.2. The van der Waals surface area contributed by atoms with Crippen molar-refractivity contribution in [2.45, 2.75) is 0 Å². The third kappa shape index (κ3) is 2.05. The Kier molecular flexibility index (Phi) is 3.14. The van der Waals surface area contributed by atoms with Gasteiger partial charge < -0.3 is 0 Å². The van der Waals surface area contributed by atoms with Gasteiger partial charge in [-0.3, -0.25) is 0 Å². The molecule has 1 aromatic heterocycles. The standard InChI is InChI=1S/C13H4ClF4NS/c14-5-1-2-8-9(3-5)20-13(19-8)6-4-7(15)11(17)12(18)10(6)16/h1-4H. The molecule has 0 amide bonds. The van der Waals surface area contributed by atoms with Gasteiger partial charge in [0.25, 0.3) is 0 Å². The number of nitrogens with zero attached hydrogens (tertiary/aromatic N) is 1. The Bertz CT molecular complexity index is 831. The predicted molar refractivity (Wildman–Crippen MR) is 69.9 cm³/mol. The van der Waals surface area contributed by atoms with E-state index in [2.05, 4.69) is 4.98 Å². The van der Waals surface area contributed by atoms with Crippen LogP contribution in [-0.4, -0.2) is 4.98 Å². The van der Waals surface area contributed by atoms with E-state index in [4.69, 9.17) is 11.6 Å². The minimum absolute atomic E-state index is 0.0533. The van der Waals surface area contributed by atoms with E-state index in [9.17, 15) is 17.6 Å². The fraction of sp³-hybridized carbons (Fsp3) is 0. The highest BCUT2D eigenvalue weighted by atomic mass is 35.5. The molecule has 0 atom stereocenters. The Hall–Kier alpha value is -1.66. The van der Waals surface area contributed by atoms with E-state index in [-0.39, 0.29) is 5.01 Å². The Balaban J connectivity index is 2.25. The van der Waals surface area contributed by atoms with Gasteiger partial charge in [0.2, 0.25) is 0 Å². The van der Waals surface area contributed by atoms with Crippen LogP contribution in [0.3, 0.4) is 0 Å². The van der Waals surface area contributed by atoms with Crippen LogP contribution in [0, 0.1) is 23.3 Å². The smallest absolute Gasteiger partial charge is 0.198 e. The average Bonchev–Trinajstić information content (AvgIpc) is 2.83. The van der Waals surface area contributed by atoms with Crippen molar-refractivity contribution < 1.29 is 17.6 Å². The molecule has 102 valence electrons. The molecular weight excluding hydrogens is 314 g/mol. The molecule has 0 aliphatic heterocycles. The summed E-state index contributed by atoms with van der Waals surface area (Å²) >= 11 is 6.82. The van der Waals surface area contributed by atoms with Crippen LogP contribution in [0.1, 0.15) is 0 Å². The van der Waals surface area contributed by atoms with Gasteiger partial charge in [-0.15, -0.1) is 11.3 Å². The summed E-state index contributed by atoms with van der Waals surface area (Å²) in [5.41, 5.74) is 0.0951. The van der Waals surface area contributed by atoms with Gasteiger partial charge in [-0.05, 0) is 24.3 Å². The van der Waals surface area contributed by atoms with Crippen molar-refractivity contribution in [2.24, 2.45) is 0 Å². The third-order valence-electron chi connectivity index (χ3n) is 2.68. The fourth-order valence-corrected chi connectivity index (χ4v) is 2.99. The van der Waals surface area contributed by atoms with Gasteiger partial charge in [0, 0.05) is 5.02 Å². The zero-order valence-corrected chi connectivity index (χ0v) is 11.1. The minimum atomic E-state index is -1.85. The molecule has 3 aromatic rings. The van der Waals surface area contributed by atoms with Gasteiger partial charge in [0.1, 0.15) is 5.01 Å². The van der Waals surface area contributed by atoms with Crippen LogP contribution in [0.15, 0.2) is 24.3 Å². The van der Waals surface area contributed by atoms with Crippen molar-refractivity contribution >= 4 is 33.2 Å². The highest BCUT2D eigenvalue weighted by Crippen LogP contribution is 2.34. The molecule has 0 N–H and O–H groups in total. The first kappa shape index (κ1) is 13.3. The second-order valence-corrected chi connectivity index (χ2v) is 5.45. The van der Waals surface area contributed by atoms with Crippen molar-refractivity contribution in [1.29, 1.82) is 0 Å². The number of aromatic nitrogens is 1. The molecule has 7 heteroatoms. The Morgan fingerprint density at radius 2 is 1.70 bits per heavy atom. The van der Waals surface area contributed by atoms with E-state index in [1.165, 1.54) is 0 Å². The first-order valence-electron chi connectivity index (χ1n) is 5.37. The largest absolute Gasteiger partial charge is 0.236 e. The zero-order chi connectivity index (χ0) is 14.4. The number of halogens is 5. The topological polar surface area (TPSA) is 12.9 Å². The van der Waals surface area contributed by atoms with Crippen LogP contribution in [-0.2, 0) is 0 Å². The average molecular weight is 318 g/mol. The lowest BCUT2D eigenvalue weighted by Crippen LogP contribution is -1.98.